The summed E-state index contributed by atoms with van der Waals surface area (Å²) in [7, 11) is 0. The summed E-state index contributed by atoms with van der Waals surface area (Å²) < 4.78 is 22.8. The van der Waals surface area contributed by atoms with E-state index in [1.807, 2.05) is 78.9 Å². The Labute approximate surface area is 200 Å². The van der Waals surface area contributed by atoms with Crippen LogP contribution in [0.5, 0.6) is 17.2 Å². The Morgan fingerprint density at radius 1 is 0.853 bits per heavy atom. The number of para-hydroxylation sites is 3. The van der Waals surface area contributed by atoms with Crippen molar-refractivity contribution < 1.29 is 23.7 Å². The van der Waals surface area contributed by atoms with E-state index < -0.39 is 0 Å². The first kappa shape index (κ1) is 23.4. The molecule has 7 nitrogen and oxygen atoms in total. The predicted molar refractivity (Wildman–Crippen MR) is 132 cm³/mol. The minimum Gasteiger partial charge on any atom is -0.490 e. The molecule has 0 saturated carbocycles. The number of amides is 1. The monoisotopic (exact) mass is 462 g/mol. The Bertz CT molecular complexity index is 1020. The molecule has 1 atom stereocenters. The third-order valence-corrected chi connectivity index (χ3v) is 5.28. The zero-order chi connectivity index (χ0) is 23.4. The second-order valence-corrected chi connectivity index (χ2v) is 7.88. The quantitative estimate of drug-likeness (QED) is 0.378. The van der Waals surface area contributed by atoms with Crippen LogP contribution in [0.1, 0.15) is 12.8 Å². The normalized spacial score (nSPS) is 14.9. The number of hydrogen-bond donors (Lipinski definition) is 2. The van der Waals surface area contributed by atoms with Crippen LogP contribution in [0.3, 0.4) is 0 Å². The smallest absolute Gasteiger partial charge is 0.243 e. The van der Waals surface area contributed by atoms with Gasteiger partial charge in [0, 0.05) is 12.3 Å². The molecule has 1 unspecified atom stereocenters. The summed E-state index contributed by atoms with van der Waals surface area (Å²) in [5.74, 6) is 2.09. The molecule has 7 heteroatoms. The van der Waals surface area contributed by atoms with Crippen LogP contribution in [0.15, 0.2) is 78.9 Å². The lowest BCUT2D eigenvalue weighted by molar-refractivity contribution is -0.114. The predicted octanol–water partition coefficient (Wildman–Crippen LogP) is 4.75. The van der Waals surface area contributed by atoms with Crippen LogP contribution in [0.25, 0.3) is 0 Å². The van der Waals surface area contributed by atoms with E-state index in [0.717, 1.165) is 30.9 Å². The maximum Gasteiger partial charge on any atom is 0.243 e. The molecule has 0 radical (unpaired) electrons. The van der Waals surface area contributed by atoms with Crippen LogP contribution in [-0.2, 0) is 9.53 Å². The molecule has 3 aromatic rings. The van der Waals surface area contributed by atoms with Gasteiger partial charge in [0.2, 0.25) is 5.91 Å². The lowest BCUT2D eigenvalue weighted by Crippen LogP contribution is -2.22. The Kier molecular flexibility index (Phi) is 8.63. The van der Waals surface area contributed by atoms with Gasteiger partial charge in [0.15, 0.2) is 0 Å². The highest BCUT2D eigenvalue weighted by atomic mass is 16.5. The van der Waals surface area contributed by atoms with Crippen LogP contribution in [0.2, 0.25) is 0 Å². The first-order chi connectivity index (χ1) is 16.8. The lowest BCUT2D eigenvalue weighted by Gasteiger charge is -2.15. The van der Waals surface area contributed by atoms with E-state index in [0.29, 0.717) is 37.0 Å². The van der Waals surface area contributed by atoms with Gasteiger partial charge < -0.3 is 29.6 Å². The number of carbonyl (C=O) groups is 1. The van der Waals surface area contributed by atoms with Gasteiger partial charge in [-0.15, -0.1) is 0 Å². The van der Waals surface area contributed by atoms with Gasteiger partial charge >= 0.3 is 0 Å². The zero-order valence-electron chi connectivity index (χ0n) is 19.1. The molecule has 0 aliphatic carbocycles. The number of hydrogen-bond acceptors (Lipinski definition) is 6. The van der Waals surface area contributed by atoms with E-state index in [1.54, 1.807) is 0 Å². The zero-order valence-corrected chi connectivity index (χ0v) is 19.1. The number of carbonyl (C=O) groups excluding carboxylic acids is 1. The maximum absolute atomic E-state index is 12.4. The number of ether oxygens (including phenoxy) is 4. The van der Waals surface area contributed by atoms with Crippen molar-refractivity contribution in [3.63, 3.8) is 0 Å². The molecule has 1 amide bonds. The van der Waals surface area contributed by atoms with Crippen LogP contribution in [-0.4, -0.2) is 45.0 Å². The van der Waals surface area contributed by atoms with Crippen molar-refractivity contribution in [3.05, 3.63) is 78.9 Å². The highest BCUT2D eigenvalue weighted by molar-refractivity contribution is 5.94. The van der Waals surface area contributed by atoms with Gasteiger partial charge in [-0.1, -0.05) is 30.3 Å². The van der Waals surface area contributed by atoms with Crippen molar-refractivity contribution >= 4 is 17.3 Å². The minimum absolute atomic E-state index is 0.120. The Morgan fingerprint density at radius 3 is 2.29 bits per heavy atom. The molecule has 34 heavy (non-hydrogen) atoms. The second kappa shape index (κ2) is 12.5. The van der Waals surface area contributed by atoms with E-state index >= 15 is 0 Å². The van der Waals surface area contributed by atoms with Gasteiger partial charge in [0.25, 0.3) is 0 Å². The molecule has 2 N–H and O–H groups in total. The molecule has 1 aliphatic rings. The van der Waals surface area contributed by atoms with Crippen molar-refractivity contribution in [2.75, 3.05) is 43.6 Å². The maximum atomic E-state index is 12.4. The molecule has 4 rings (SSSR count). The highest BCUT2D eigenvalue weighted by Gasteiger charge is 2.16. The van der Waals surface area contributed by atoms with E-state index in [1.165, 1.54) is 0 Å². The number of benzene rings is 3. The molecule has 1 saturated heterocycles. The molecule has 3 aromatic carbocycles. The van der Waals surface area contributed by atoms with Gasteiger partial charge in [-0.2, -0.15) is 0 Å². The summed E-state index contributed by atoms with van der Waals surface area (Å²) >= 11 is 0. The topological polar surface area (TPSA) is 78.1 Å². The van der Waals surface area contributed by atoms with Gasteiger partial charge in [-0.25, -0.2) is 0 Å². The molecular weight excluding hydrogens is 432 g/mol. The van der Waals surface area contributed by atoms with Gasteiger partial charge in [-0.3, -0.25) is 4.79 Å². The Balaban J connectivity index is 1.18. The summed E-state index contributed by atoms with van der Waals surface area (Å²) in [6.45, 7) is 2.31. The molecule has 1 aliphatic heterocycles. The third kappa shape index (κ3) is 7.42. The fraction of sp³-hybridized carbons (Fsp3) is 0.296. The van der Waals surface area contributed by atoms with Crippen molar-refractivity contribution in [3.8, 4) is 17.2 Å². The summed E-state index contributed by atoms with van der Waals surface area (Å²) in [6, 6.07) is 24.5. The van der Waals surface area contributed by atoms with Gasteiger partial charge in [0.1, 0.15) is 37.1 Å². The van der Waals surface area contributed by atoms with Crippen LogP contribution in [0.4, 0.5) is 11.4 Å². The number of rotatable bonds is 12. The highest BCUT2D eigenvalue weighted by Crippen LogP contribution is 2.25. The number of nitrogens with one attached hydrogen (secondary N) is 2. The molecule has 0 spiro atoms. The molecule has 0 aromatic heterocycles. The number of anilines is 2. The fourth-order valence-electron chi connectivity index (χ4n) is 3.55. The summed E-state index contributed by atoms with van der Waals surface area (Å²) in [6.07, 6.45) is 2.23. The van der Waals surface area contributed by atoms with E-state index in [2.05, 4.69) is 10.6 Å². The Hall–Kier alpha value is -3.71. The summed E-state index contributed by atoms with van der Waals surface area (Å²) in [5.41, 5.74) is 1.47. The van der Waals surface area contributed by atoms with Gasteiger partial charge in [-0.05, 0) is 61.4 Å². The Morgan fingerprint density at radius 2 is 1.56 bits per heavy atom. The fourth-order valence-corrected chi connectivity index (χ4v) is 3.55. The standard InChI is InChI=1S/C27H30N2O5/c30-27(19-28-25-10-4-5-11-26(25)34-20-24-9-6-16-31-24)29-21-12-14-23(15-13-21)33-18-17-32-22-7-2-1-3-8-22/h1-5,7-8,10-15,24,28H,6,9,16-20H2,(H,29,30). The van der Waals surface area contributed by atoms with E-state index in [-0.39, 0.29) is 18.6 Å². The van der Waals surface area contributed by atoms with E-state index in [4.69, 9.17) is 18.9 Å². The van der Waals surface area contributed by atoms with Crippen molar-refractivity contribution in [2.45, 2.75) is 18.9 Å². The largest absolute Gasteiger partial charge is 0.490 e. The van der Waals surface area contributed by atoms with Crippen LogP contribution >= 0.6 is 0 Å². The second-order valence-electron chi connectivity index (χ2n) is 7.88. The molecule has 178 valence electrons. The van der Waals surface area contributed by atoms with Gasteiger partial charge in [0.05, 0.1) is 18.3 Å². The van der Waals surface area contributed by atoms with Crippen molar-refractivity contribution in [2.24, 2.45) is 0 Å². The first-order valence-corrected chi connectivity index (χ1v) is 11.5. The molecular formula is C27H30N2O5. The minimum atomic E-state index is -0.154. The average molecular weight is 463 g/mol. The SMILES string of the molecule is O=C(CNc1ccccc1OCC1CCCO1)Nc1ccc(OCCOc2ccccc2)cc1. The van der Waals surface area contributed by atoms with E-state index in [9.17, 15) is 4.79 Å². The molecule has 0 bridgehead atoms. The molecule has 1 fully saturated rings. The van der Waals surface area contributed by atoms with Crippen LogP contribution < -0.4 is 24.8 Å². The van der Waals surface area contributed by atoms with Crippen LogP contribution in [0, 0.1) is 0 Å². The summed E-state index contributed by atoms with van der Waals surface area (Å²) in [5, 5.41) is 6.03. The van der Waals surface area contributed by atoms with Crippen molar-refractivity contribution in [1.82, 2.24) is 0 Å². The molecule has 1 heterocycles. The van der Waals surface area contributed by atoms with Crippen molar-refractivity contribution in [1.29, 1.82) is 0 Å². The first-order valence-electron chi connectivity index (χ1n) is 11.5. The summed E-state index contributed by atoms with van der Waals surface area (Å²) in [4.78, 5) is 12.4. The third-order valence-electron chi connectivity index (χ3n) is 5.28. The average Bonchev–Trinajstić information content (AvgIpc) is 3.40. The lowest BCUT2D eigenvalue weighted by atomic mass is 10.2.